The van der Waals surface area contributed by atoms with Crippen LogP contribution in [0.25, 0.3) is 0 Å². The van der Waals surface area contributed by atoms with Crippen LogP contribution in [0.1, 0.15) is 17.2 Å². The lowest BCUT2D eigenvalue weighted by atomic mass is 9.98. The highest BCUT2D eigenvalue weighted by Gasteiger charge is 2.21. The van der Waals surface area contributed by atoms with Gasteiger partial charge in [0.2, 0.25) is 0 Å². The number of hydrogen-bond donors (Lipinski definition) is 1. The normalized spacial score (nSPS) is 13.2. The van der Waals surface area contributed by atoms with E-state index < -0.39 is 38.9 Å². The molecule has 0 aliphatic rings. The molecule has 1 atom stereocenters. The fourth-order valence-electron chi connectivity index (χ4n) is 1.96. The van der Waals surface area contributed by atoms with Crippen molar-refractivity contribution in [2.24, 2.45) is 5.73 Å². The smallest absolute Gasteiger partial charge is 0.175 e. The zero-order valence-corrected chi connectivity index (χ0v) is 11.8. The molecule has 3 nitrogen and oxygen atoms in total. The topological polar surface area (TPSA) is 60.2 Å². The molecular weight excluding hydrogens is 303 g/mol. The highest BCUT2D eigenvalue weighted by molar-refractivity contribution is 7.90. The largest absolute Gasteiger partial charge is 0.320 e. The number of benzene rings is 2. The van der Waals surface area contributed by atoms with E-state index >= 15 is 0 Å². The minimum atomic E-state index is -3.47. The number of sulfone groups is 1. The Balaban J connectivity index is 2.53. The van der Waals surface area contributed by atoms with Crippen molar-refractivity contribution < 1.29 is 21.6 Å². The van der Waals surface area contributed by atoms with Gasteiger partial charge in [-0.25, -0.2) is 21.6 Å². The Morgan fingerprint density at radius 2 is 1.62 bits per heavy atom. The lowest BCUT2D eigenvalue weighted by Crippen LogP contribution is -2.16. The molecule has 7 heteroatoms. The summed E-state index contributed by atoms with van der Waals surface area (Å²) in [6, 6.07) is 5.27. The van der Waals surface area contributed by atoms with Crippen LogP contribution in [0.5, 0.6) is 0 Å². The van der Waals surface area contributed by atoms with E-state index in [-0.39, 0.29) is 10.5 Å². The molecule has 2 aromatic rings. The first kappa shape index (κ1) is 15.5. The molecule has 0 bridgehead atoms. The summed E-state index contributed by atoms with van der Waals surface area (Å²) in [6.45, 7) is 0. The summed E-state index contributed by atoms with van der Waals surface area (Å²) in [6.07, 6.45) is 1.01. The zero-order chi connectivity index (χ0) is 15.8. The van der Waals surface area contributed by atoms with Gasteiger partial charge in [0.15, 0.2) is 9.84 Å². The maximum atomic E-state index is 13.7. The van der Waals surface area contributed by atoms with Crippen molar-refractivity contribution in [3.8, 4) is 0 Å². The third-order valence-corrected chi connectivity index (χ3v) is 4.11. The molecule has 1 unspecified atom stereocenters. The Hall–Kier alpha value is -1.86. The minimum Gasteiger partial charge on any atom is -0.320 e. The van der Waals surface area contributed by atoms with Gasteiger partial charge in [-0.2, -0.15) is 0 Å². The van der Waals surface area contributed by atoms with Gasteiger partial charge in [-0.15, -0.1) is 0 Å². The Bertz CT molecular complexity index is 768. The molecule has 0 amide bonds. The summed E-state index contributed by atoms with van der Waals surface area (Å²) in [7, 11) is -3.47. The highest BCUT2D eigenvalue weighted by atomic mass is 32.2. The molecule has 21 heavy (non-hydrogen) atoms. The summed E-state index contributed by atoms with van der Waals surface area (Å²) in [4.78, 5) is -0.0154. The summed E-state index contributed by atoms with van der Waals surface area (Å²) in [5.41, 5.74) is 5.48. The van der Waals surface area contributed by atoms with Crippen molar-refractivity contribution >= 4 is 9.84 Å². The van der Waals surface area contributed by atoms with Crippen LogP contribution in [0.2, 0.25) is 0 Å². The third kappa shape index (κ3) is 3.25. The van der Waals surface area contributed by atoms with Crippen molar-refractivity contribution in [1.82, 2.24) is 0 Å². The summed E-state index contributed by atoms with van der Waals surface area (Å²) < 4.78 is 63.3. The first-order valence-electron chi connectivity index (χ1n) is 5.90. The van der Waals surface area contributed by atoms with Gasteiger partial charge in [0.25, 0.3) is 0 Å². The highest BCUT2D eigenvalue weighted by Crippen LogP contribution is 2.27. The molecule has 0 heterocycles. The molecule has 0 fully saturated rings. The predicted molar refractivity (Wildman–Crippen MR) is 71.9 cm³/mol. The van der Waals surface area contributed by atoms with E-state index in [0.717, 1.165) is 6.26 Å². The second-order valence-corrected chi connectivity index (χ2v) is 6.62. The minimum absolute atomic E-state index is 0.0154. The number of nitrogens with two attached hydrogens (primary N) is 1. The third-order valence-electron chi connectivity index (χ3n) is 3.00. The molecule has 0 aliphatic carbocycles. The van der Waals surface area contributed by atoms with Gasteiger partial charge in [-0.05, 0) is 17.7 Å². The quantitative estimate of drug-likeness (QED) is 0.947. The SMILES string of the molecule is CS(=O)(=O)c1cccc(C(N)c2c(F)cc(F)cc2F)c1. The van der Waals surface area contributed by atoms with Crippen LogP contribution < -0.4 is 5.73 Å². The van der Waals surface area contributed by atoms with Crippen LogP contribution in [0, 0.1) is 17.5 Å². The zero-order valence-electron chi connectivity index (χ0n) is 11.0. The number of rotatable bonds is 3. The van der Waals surface area contributed by atoms with Gasteiger partial charge in [-0.1, -0.05) is 12.1 Å². The molecule has 2 aromatic carbocycles. The van der Waals surface area contributed by atoms with Crippen LogP contribution in [0.3, 0.4) is 0 Å². The molecule has 2 rings (SSSR count). The molecule has 2 N–H and O–H groups in total. The van der Waals surface area contributed by atoms with Crippen LogP contribution in [0.15, 0.2) is 41.3 Å². The van der Waals surface area contributed by atoms with Crippen molar-refractivity contribution in [1.29, 1.82) is 0 Å². The van der Waals surface area contributed by atoms with Crippen molar-refractivity contribution in [3.05, 3.63) is 65.0 Å². The van der Waals surface area contributed by atoms with E-state index in [1.165, 1.54) is 24.3 Å². The monoisotopic (exact) mass is 315 g/mol. The lowest BCUT2D eigenvalue weighted by molar-refractivity contribution is 0.515. The molecule has 0 aliphatic heterocycles. The van der Waals surface area contributed by atoms with Crippen molar-refractivity contribution in [2.45, 2.75) is 10.9 Å². The average Bonchev–Trinajstić information content (AvgIpc) is 2.36. The van der Waals surface area contributed by atoms with Crippen molar-refractivity contribution in [3.63, 3.8) is 0 Å². The second kappa shape index (κ2) is 5.50. The van der Waals surface area contributed by atoms with Gasteiger partial charge in [0, 0.05) is 24.0 Å². The van der Waals surface area contributed by atoms with E-state index in [1.807, 2.05) is 0 Å². The average molecular weight is 315 g/mol. The van der Waals surface area contributed by atoms with Gasteiger partial charge < -0.3 is 5.73 Å². The lowest BCUT2D eigenvalue weighted by Gasteiger charge is -2.15. The second-order valence-electron chi connectivity index (χ2n) is 4.61. The Morgan fingerprint density at radius 1 is 1.05 bits per heavy atom. The van der Waals surface area contributed by atoms with Gasteiger partial charge in [0.05, 0.1) is 10.9 Å². The molecule has 112 valence electrons. The van der Waals surface area contributed by atoms with Gasteiger partial charge >= 0.3 is 0 Å². The Labute approximate surface area is 120 Å². The fourth-order valence-corrected chi connectivity index (χ4v) is 2.63. The van der Waals surface area contributed by atoms with E-state index in [9.17, 15) is 21.6 Å². The van der Waals surface area contributed by atoms with E-state index in [2.05, 4.69) is 0 Å². The fraction of sp³-hybridized carbons (Fsp3) is 0.143. The van der Waals surface area contributed by atoms with E-state index in [4.69, 9.17) is 5.73 Å². The first-order chi connectivity index (χ1) is 9.70. The summed E-state index contributed by atoms with van der Waals surface area (Å²) >= 11 is 0. The molecule has 0 radical (unpaired) electrons. The number of halogens is 3. The van der Waals surface area contributed by atoms with Gasteiger partial charge in [0.1, 0.15) is 17.5 Å². The first-order valence-corrected chi connectivity index (χ1v) is 7.79. The summed E-state index contributed by atoms with van der Waals surface area (Å²) in [5, 5.41) is 0. The number of hydrogen-bond acceptors (Lipinski definition) is 3. The van der Waals surface area contributed by atoms with Crippen LogP contribution in [-0.4, -0.2) is 14.7 Å². The van der Waals surface area contributed by atoms with Gasteiger partial charge in [-0.3, -0.25) is 0 Å². The van der Waals surface area contributed by atoms with Crippen LogP contribution in [-0.2, 0) is 9.84 Å². The molecule has 0 saturated heterocycles. The van der Waals surface area contributed by atoms with Crippen LogP contribution >= 0.6 is 0 Å². The Morgan fingerprint density at radius 3 is 2.14 bits per heavy atom. The molecular formula is C14H12F3NO2S. The Kier molecular flexibility index (Phi) is 4.06. The molecule has 0 saturated carbocycles. The van der Waals surface area contributed by atoms with E-state index in [0.29, 0.717) is 12.1 Å². The molecule has 0 aromatic heterocycles. The standard InChI is InChI=1S/C14H12F3NO2S/c1-21(19,20)10-4-2-3-8(5-10)14(18)13-11(16)6-9(15)7-12(13)17/h2-7,14H,18H2,1H3. The van der Waals surface area contributed by atoms with Crippen molar-refractivity contribution in [2.75, 3.05) is 6.26 Å². The predicted octanol–water partition coefficient (Wildman–Crippen LogP) is 2.56. The van der Waals surface area contributed by atoms with Crippen LogP contribution in [0.4, 0.5) is 13.2 Å². The maximum Gasteiger partial charge on any atom is 0.175 e. The molecule has 0 spiro atoms. The summed E-state index contributed by atoms with van der Waals surface area (Å²) in [5.74, 6) is -3.29. The maximum absolute atomic E-state index is 13.7. The van der Waals surface area contributed by atoms with E-state index in [1.54, 1.807) is 0 Å².